The molecule has 0 radical (unpaired) electrons. The van der Waals surface area contributed by atoms with Gasteiger partial charge in [-0.15, -0.1) is 0 Å². The van der Waals surface area contributed by atoms with Gasteiger partial charge in [0.1, 0.15) is 0 Å². The molecule has 0 spiro atoms. The Morgan fingerprint density at radius 1 is 1.18 bits per heavy atom. The van der Waals surface area contributed by atoms with E-state index in [1.165, 1.54) is 7.11 Å². The van der Waals surface area contributed by atoms with E-state index in [9.17, 15) is 4.39 Å². The van der Waals surface area contributed by atoms with Gasteiger partial charge in [-0.1, -0.05) is 6.07 Å². The molecular formula is C21H22FIN4O. The molecule has 28 heavy (non-hydrogen) atoms. The molecule has 1 aliphatic rings. The Bertz CT molecular complexity index is 871. The second-order valence-corrected chi connectivity index (χ2v) is 7.33. The molecule has 1 aliphatic carbocycles. The smallest absolute Gasteiger partial charge is 0.204 e. The van der Waals surface area contributed by atoms with Gasteiger partial charge in [-0.2, -0.15) is 5.26 Å². The van der Waals surface area contributed by atoms with Crippen molar-refractivity contribution in [2.75, 3.05) is 12.4 Å². The molecule has 2 N–H and O–H groups in total. The van der Waals surface area contributed by atoms with E-state index in [0.29, 0.717) is 17.4 Å². The van der Waals surface area contributed by atoms with E-state index in [-0.39, 0.29) is 17.6 Å². The summed E-state index contributed by atoms with van der Waals surface area (Å²) in [5.41, 5.74) is 2.53. The molecule has 3 rings (SSSR count). The number of nitrogens with zero attached hydrogens (tertiary/aromatic N) is 2. The number of anilines is 1. The van der Waals surface area contributed by atoms with Crippen LogP contribution in [0.3, 0.4) is 0 Å². The molecule has 1 fully saturated rings. The van der Waals surface area contributed by atoms with Gasteiger partial charge in [0, 0.05) is 5.69 Å². The normalized spacial score (nSPS) is 19.6. The number of benzene rings is 2. The van der Waals surface area contributed by atoms with Crippen molar-refractivity contribution in [1.82, 2.24) is 3.53 Å². The predicted molar refractivity (Wildman–Crippen MR) is 117 cm³/mol. The second kappa shape index (κ2) is 9.73. The maximum Gasteiger partial charge on any atom is 0.204 e. The number of hydrogen-bond acceptors (Lipinski definition) is 3. The molecule has 0 saturated heterocycles. The Balaban J connectivity index is 1.59. The molecule has 0 bridgehead atoms. The highest BCUT2D eigenvalue weighted by Gasteiger charge is 2.23. The van der Waals surface area contributed by atoms with Crippen LogP contribution in [-0.2, 0) is 0 Å². The van der Waals surface area contributed by atoms with Crippen molar-refractivity contribution in [2.45, 2.75) is 37.6 Å². The number of nitriles is 1. The van der Waals surface area contributed by atoms with E-state index in [0.717, 1.165) is 36.9 Å². The summed E-state index contributed by atoms with van der Waals surface area (Å²) >= 11 is 2.06. The third kappa shape index (κ3) is 5.13. The summed E-state index contributed by atoms with van der Waals surface area (Å²) in [7, 11) is 1.48. The number of hydrogen-bond donors (Lipinski definition) is 2. The lowest BCUT2D eigenvalue weighted by Gasteiger charge is -2.27. The minimum absolute atomic E-state index is 0.225. The number of ether oxygens (including phenoxy) is 1. The fraction of sp³-hybridized carbons (Fsp3) is 0.333. The zero-order chi connectivity index (χ0) is 19.9. The lowest BCUT2D eigenvalue weighted by atomic mass is 9.82. The standard InChI is InChI=1S/C21H22FIN4O/c1-28-20-11-6-16(12-19(20)22)15-4-9-18(10-5-15)26-21(27-23)25-17-7-2-14(13-24)3-8-17/h2-3,6-8,11-12,15,18H,4-5,9-10H2,1H3,(H2,25,26,27). The third-order valence-corrected chi connectivity index (χ3v) is 5.53. The highest BCUT2D eigenvalue weighted by atomic mass is 127. The topological polar surface area (TPSA) is 69.4 Å². The van der Waals surface area contributed by atoms with Crippen molar-refractivity contribution < 1.29 is 9.13 Å². The van der Waals surface area contributed by atoms with E-state index < -0.39 is 0 Å². The van der Waals surface area contributed by atoms with E-state index in [1.54, 1.807) is 24.3 Å². The quantitative estimate of drug-likeness (QED) is 0.269. The van der Waals surface area contributed by atoms with E-state index in [2.05, 4.69) is 37.8 Å². The van der Waals surface area contributed by atoms with Crippen molar-refractivity contribution in [3.05, 3.63) is 59.4 Å². The molecule has 0 atom stereocenters. The van der Waals surface area contributed by atoms with E-state index >= 15 is 0 Å². The Morgan fingerprint density at radius 3 is 2.46 bits per heavy atom. The summed E-state index contributed by atoms with van der Waals surface area (Å²) in [5, 5.41) is 12.1. The van der Waals surface area contributed by atoms with Crippen molar-refractivity contribution in [1.29, 1.82) is 5.26 Å². The number of aliphatic imine (C=N–C) groups is 1. The largest absolute Gasteiger partial charge is 0.494 e. The van der Waals surface area contributed by atoms with Gasteiger partial charge in [-0.05, 0) is 73.6 Å². The molecule has 2 aromatic carbocycles. The van der Waals surface area contributed by atoms with Crippen molar-refractivity contribution in [3.8, 4) is 11.8 Å². The molecule has 0 aromatic heterocycles. The van der Waals surface area contributed by atoms with Crippen LogP contribution in [0, 0.1) is 17.1 Å². The fourth-order valence-electron chi connectivity index (χ4n) is 3.50. The Kier molecular flexibility index (Phi) is 7.09. The first-order chi connectivity index (χ1) is 13.6. The van der Waals surface area contributed by atoms with Crippen LogP contribution in [-0.4, -0.2) is 19.1 Å². The number of halogens is 2. The molecule has 2 aromatic rings. The first-order valence-electron chi connectivity index (χ1n) is 9.18. The van der Waals surface area contributed by atoms with Crippen LogP contribution in [0.1, 0.15) is 42.7 Å². The number of rotatable bonds is 4. The summed E-state index contributed by atoms with van der Waals surface area (Å²) in [6.07, 6.45) is 3.86. The SMILES string of the molecule is COc1ccc(C2CCC(N=C(NI)Nc3ccc(C#N)cc3)CC2)cc1F. The molecule has 0 amide bonds. The maximum absolute atomic E-state index is 14.0. The van der Waals surface area contributed by atoms with Crippen LogP contribution >= 0.6 is 22.9 Å². The molecule has 0 unspecified atom stereocenters. The maximum atomic E-state index is 14.0. The average molecular weight is 492 g/mol. The van der Waals surface area contributed by atoms with Gasteiger partial charge in [0.05, 0.1) is 47.6 Å². The van der Waals surface area contributed by atoms with Gasteiger partial charge < -0.3 is 10.1 Å². The van der Waals surface area contributed by atoms with Crippen LogP contribution in [0.5, 0.6) is 5.75 Å². The van der Waals surface area contributed by atoms with Crippen LogP contribution in [0.25, 0.3) is 0 Å². The molecule has 146 valence electrons. The van der Waals surface area contributed by atoms with Crippen LogP contribution in [0.4, 0.5) is 10.1 Å². The van der Waals surface area contributed by atoms with Crippen LogP contribution < -0.4 is 13.6 Å². The third-order valence-electron chi connectivity index (χ3n) is 5.02. The fourth-order valence-corrected chi connectivity index (χ4v) is 3.78. The van der Waals surface area contributed by atoms with Gasteiger partial charge in [0.15, 0.2) is 11.6 Å². The summed E-state index contributed by atoms with van der Waals surface area (Å²) in [6.45, 7) is 0. The summed E-state index contributed by atoms with van der Waals surface area (Å²) in [6, 6.07) is 14.8. The first kappa shape index (κ1) is 20.4. The summed E-state index contributed by atoms with van der Waals surface area (Å²) in [5.74, 6) is 1.04. The molecular weight excluding hydrogens is 470 g/mol. The molecule has 0 aliphatic heterocycles. The molecule has 5 nitrogen and oxygen atoms in total. The van der Waals surface area contributed by atoms with Gasteiger partial charge >= 0.3 is 0 Å². The second-order valence-electron chi connectivity index (χ2n) is 6.79. The van der Waals surface area contributed by atoms with E-state index in [4.69, 9.17) is 15.0 Å². The van der Waals surface area contributed by atoms with Gasteiger partial charge in [0.25, 0.3) is 0 Å². The van der Waals surface area contributed by atoms with Gasteiger partial charge in [-0.3, -0.25) is 3.53 Å². The summed E-state index contributed by atoms with van der Waals surface area (Å²) < 4.78 is 22.0. The molecule has 7 heteroatoms. The van der Waals surface area contributed by atoms with E-state index in [1.807, 2.05) is 18.2 Å². The first-order valence-corrected chi connectivity index (χ1v) is 10.3. The average Bonchev–Trinajstić information content (AvgIpc) is 2.74. The van der Waals surface area contributed by atoms with Crippen LogP contribution in [0.15, 0.2) is 47.5 Å². The minimum atomic E-state index is -0.303. The van der Waals surface area contributed by atoms with Gasteiger partial charge in [0.2, 0.25) is 5.96 Å². The zero-order valence-electron chi connectivity index (χ0n) is 15.6. The highest BCUT2D eigenvalue weighted by molar-refractivity contribution is 14.1. The van der Waals surface area contributed by atoms with Crippen LogP contribution in [0.2, 0.25) is 0 Å². The number of nitrogens with one attached hydrogen (secondary N) is 2. The zero-order valence-corrected chi connectivity index (χ0v) is 17.7. The highest BCUT2D eigenvalue weighted by Crippen LogP contribution is 2.35. The Hall–Kier alpha value is -2.34. The van der Waals surface area contributed by atoms with Crippen molar-refractivity contribution >= 4 is 34.5 Å². The lowest BCUT2D eigenvalue weighted by Crippen LogP contribution is -2.27. The summed E-state index contributed by atoms with van der Waals surface area (Å²) in [4.78, 5) is 4.79. The Morgan fingerprint density at radius 2 is 1.89 bits per heavy atom. The predicted octanol–water partition coefficient (Wildman–Crippen LogP) is 5.14. The lowest BCUT2D eigenvalue weighted by molar-refractivity contribution is 0.380. The number of methoxy groups -OCH3 is 1. The number of guanidine groups is 1. The minimum Gasteiger partial charge on any atom is -0.494 e. The monoisotopic (exact) mass is 492 g/mol. The van der Waals surface area contributed by atoms with Crippen molar-refractivity contribution in [2.24, 2.45) is 4.99 Å². The molecule has 0 heterocycles. The Labute approximate surface area is 178 Å². The van der Waals surface area contributed by atoms with Crippen molar-refractivity contribution in [3.63, 3.8) is 0 Å². The molecule has 1 saturated carbocycles. The van der Waals surface area contributed by atoms with Gasteiger partial charge in [-0.25, -0.2) is 9.38 Å².